The molecule has 9 nitrogen and oxygen atoms in total. The van der Waals surface area contributed by atoms with Gasteiger partial charge in [0.25, 0.3) is 15.9 Å². The molecule has 5 rings (SSSR count). The highest BCUT2D eigenvalue weighted by atomic mass is 35.5. The molecular weight excluding hydrogens is 601 g/mol. The molecule has 1 aliphatic rings. The third-order valence-corrected chi connectivity index (χ3v) is 8.42. The summed E-state index contributed by atoms with van der Waals surface area (Å²) >= 11 is 12.3. The summed E-state index contributed by atoms with van der Waals surface area (Å²) in [5.74, 6) is 0.681. The van der Waals surface area contributed by atoms with Gasteiger partial charge >= 0.3 is 0 Å². The molecule has 12 heteroatoms. The van der Waals surface area contributed by atoms with Crippen molar-refractivity contribution in [1.82, 2.24) is 5.32 Å². The number of nitrogens with zero attached hydrogens (tertiary/aromatic N) is 1. The Labute approximate surface area is 253 Å². The summed E-state index contributed by atoms with van der Waals surface area (Å²) in [6, 6.07) is 23.5. The number of hydrogen-bond acceptors (Lipinski definition) is 6. The zero-order chi connectivity index (χ0) is 29.9. The van der Waals surface area contributed by atoms with Crippen molar-refractivity contribution in [3.8, 4) is 17.2 Å². The van der Waals surface area contributed by atoms with Crippen molar-refractivity contribution in [3.63, 3.8) is 0 Å². The van der Waals surface area contributed by atoms with Gasteiger partial charge in [-0.05, 0) is 66.7 Å². The summed E-state index contributed by atoms with van der Waals surface area (Å²) in [5.41, 5.74) is 0.690. The number of carbonyl (C=O) groups excluding carboxylic acids is 2. The normalized spacial score (nSPS) is 14.9. The predicted molar refractivity (Wildman–Crippen MR) is 161 cm³/mol. The van der Waals surface area contributed by atoms with Crippen LogP contribution in [0.5, 0.6) is 17.2 Å². The van der Waals surface area contributed by atoms with E-state index in [0.717, 1.165) is 0 Å². The molecule has 0 saturated carbocycles. The first-order chi connectivity index (χ1) is 20.1. The maximum absolute atomic E-state index is 13.3. The minimum Gasteiger partial charge on any atom is -0.497 e. The van der Waals surface area contributed by atoms with Crippen molar-refractivity contribution < 1.29 is 27.5 Å². The molecule has 1 saturated heterocycles. The first kappa shape index (κ1) is 29.2. The summed E-state index contributed by atoms with van der Waals surface area (Å²) in [7, 11) is -2.56. The molecule has 0 aromatic heterocycles. The standard InChI is InChI=1S/C30H25Cl2N3O6S/c1-40-23-6-4-5-21(17-23)35-18-20(16-29(35)36)33-30(37)25-15-19(31)9-14-27(25)34-42(38,39)24-12-10-22(11-13-24)41-28-8-3-2-7-26(28)32/h2-15,17,20,34H,16,18H2,1H3,(H,33,37)/t20-/m0/s1. The van der Waals surface area contributed by atoms with E-state index in [2.05, 4.69) is 10.0 Å². The predicted octanol–water partition coefficient (Wildman–Crippen LogP) is 6.13. The van der Waals surface area contributed by atoms with Gasteiger partial charge in [-0.1, -0.05) is 41.4 Å². The summed E-state index contributed by atoms with van der Waals surface area (Å²) in [6.07, 6.45) is 0.0766. The van der Waals surface area contributed by atoms with Crippen molar-refractivity contribution in [3.05, 3.63) is 107 Å². The Morgan fingerprint density at radius 2 is 1.69 bits per heavy atom. The van der Waals surface area contributed by atoms with E-state index in [-0.39, 0.29) is 40.0 Å². The number of para-hydroxylation sites is 1. The van der Waals surface area contributed by atoms with Crippen molar-refractivity contribution in [2.24, 2.45) is 0 Å². The molecule has 0 radical (unpaired) electrons. The molecule has 1 heterocycles. The van der Waals surface area contributed by atoms with Crippen molar-refractivity contribution >= 4 is 56.4 Å². The first-order valence-electron chi connectivity index (χ1n) is 12.7. The molecular formula is C30H25Cl2N3O6S. The Bertz CT molecular complexity index is 1750. The van der Waals surface area contributed by atoms with Crippen LogP contribution in [0.3, 0.4) is 0 Å². The Morgan fingerprint density at radius 3 is 2.43 bits per heavy atom. The minimum absolute atomic E-state index is 0.0111. The fourth-order valence-corrected chi connectivity index (χ4v) is 5.86. The van der Waals surface area contributed by atoms with Crippen molar-refractivity contribution in [1.29, 1.82) is 0 Å². The van der Waals surface area contributed by atoms with Gasteiger partial charge in [-0.15, -0.1) is 0 Å². The van der Waals surface area contributed by atoms with Crippen LogP contribution in [-0.4, -0.2) is 39.9 Å². The number of rotatable bonds is 9. The Morgan fingerprint density at radius 1 is 0.929 bits per heavy atom. The van der Waals surface area contributed by atoms with Crippen LogP contribution in [-0.2, 0) is 14.8 Å². The van der Waals surface area contributed by atoms with Crippen LogP contribution in [0.25, 0.3) is 0 Å². The highest BCUT2D eigenvalue weighted by Gasteiger charge is 2.32. The van der Waals surface area contributed by atoms with E-state index in [0.29, 0.717) is 28.0 Å². The van der Waals surface area contributed by atoms with Crippen LogP contribution in [0.15, 0.2) is 95.9 Å². The SMILES string of the molecule is COc1cccc(N2C[C@@H](NC(=O)c3cc(Cl)ccc3NS(=O)(=O)c3ccc(Oc4ccccc4Cl)cc3)CC2=O)c1. The van der Waals surface area contributed by atoms with Crippen molar-refractivity contribution in [2.75, 3.05) is 23.3 Å². The summed E-state index contributed by atoms with van der Waals surface area (Å²) < 4.78 is 39.9. The van der Waals surface area contributed by atoms with E-state index in [4.69, 9.17) is 32.7 Å². The summed E-state index contributed by atoms with van der Waals surface area (Å²) in [6.45, 7) is 0.238. The summed E-state index contributed by atoms with van der Waals surface area (Å²) in [5, 5.41) is 3.49. The highest BCUT2D eigenvalue weighted by molar-refractivity contribution is 7.92. The lowest BCUT2D eigenvalue weighted by Gasteiger charge is -2.19. The van der Waals surface area contributed by atoms with E-state index < -0.39 is 22.0 Å². The van der Waals surface area contributed by atoms with Gasteiger partial charge in [0.2, 0.25) is 5.91 Å². The number of amides is 2. The number of carbonyl (C=O) groups is 2. The Kier molecular flexibility index (Phi) is 8.58. The molecule has 42 heavy (non-hydrogen) atoms. The van der Waals surface area contributed by atoms with Crippen LogP contribution < -0.4 is 24.4 Å². The molecule has 0 bridgehead atoms. The molecule has 0 aliphatic carbocycles. The Hall–Kier alpha value is -4.25. The van der Waals surface area contributed by atoms with Crippen LogP contribution in [0.1, 0.15) is 16.8 Å². The lowest BCUT2D eigenvalue weighted by atomic mass is 10.1. The second-order valence-corrected chi connectivity index (χ2v) is 11.9. The van der Waals surface area contributed by atoms with Gasteiger partial charge in [-0.2, -0.15) is 0 Å². The number of nitrogens with one attached hydrogen (secondary N) is 2. The topological polar surface area (TPSA) is 114 Å². The average molecular weight is 627 g/mol. The average Bonchev–Trinajstić information content (AvgIpc) is 3.35. The molecule has 2 N–H and O–H groups in total. The number of methoxy groups -OCH3 is 1. The zero-order valence-electron chi connectivity index (χ0n) is 22.2. The highest BCUT2D eigenvalue weighted by Crippen LogP contribution is 2.31. The number of benzene rings is 4. The van der Waals surface area contributed by atoms with E-state index >= 15 is 0 Å². The van der Waals surface area contributed by atoms with Gasteiger partial charge in [0.1, 0.15) is 17.2 Å². The fourth-order valence-electron chi connectivity index (χ4n) is 4.43. The lowest BCUT2D eigenvalue weighted by molar-refractivity contribution is -0.117. The van der Waals surface area contributed by atoms with Gasteiger partial charge in [0.15, 0.2) is 0 Å². The molecule has 1 atom stereocenters. The minimum atomic E-state index is -4.10. The molecule has 1 fully saturated rings. The lowest BCUT2D eigenvalue weighted by Crippen LogP contribution is -2.37. The molecule has 0 spiro atoms. The molecule has 2 amide bonds. The van der Waals surface area contributed by atoms with Gasteiger partial charge in [-0.3, -0.25) is 14.3 Å². The Balaban J connectivity index is 1.30. The second-order valence-electron chi connectivity index (χ2n) is 9.38. The first-order valence-corrected chi connectivity index (χ1v) is 15.0. The van der Waals surface area contributed by atoms with E-state index in [1.165, 1.54) is 49.6 Å². The van der Waals surface area contributed by atoms with Crippen LogP contribution in [0, 0.1) is 0 Å². The molecule has 1 aliphatic heterocycles. The van der Waals surface area contributed by atoms with Gasteiger partial charge in [0.05, 0.1) is 34.3 Å². The quantitative estimate of drug-likeness (QED) is 0.231. The second kappa shape index (κ2) is 12.3. The van der Waals surface area contributed by atoms with Crippen LogP contribution in [0.4, 0.5) is 11.4 Å². The van der Waals surface area contributed by atoms with Gasteiger partial charge < -0.3 is 19.7 Å². The third-order valence-electron chi connectivity index (χ3n) is 6.49. The summed E-state index contributed by atoms with van der Waals surface area (Å²) in [4.78, 5) is 27.5. The van der Waals surface area contributed by atoms with Gasteiger partial charge in [0, 0.05) is 29.7 Å². The number of sulfonamides is 1. The molecule has 216 valence electrons. The number of ether oxygens (including phenoxy) is 2. The van der Waals surface area contributed by atoms with Gasteiger partial charge in [-0.25, -0.2) is 8.42 Å². The largest absolute Gasteiger partial charge is 0.497 e. The third kappa shape index (κ3) is 6.62. The van der Waals surface area contributed by atoms with E-state index in [1.54, 1.807) is 53.4 Å². The zero-order valence-corrected chi connectivity index (χ0v) is 24.5. The molecule has 4 aromatic carbocycles. The maximum atomic E-state index is 13.3. The van der Waals surface area contributed by atoms with Crippen molar-refractivity contribution in [2.45, 2.75) is 17.4 Å². The smallest absolute Gasteiger partial charge is 0.261 e. The molecule has 0 unspecified atom stereocenters. The van der Waals surface area contributed by atoms with E-state index in [1.807, 2.05) is 0 Å². The number of halogens is 2. The maximum Gasteiger partial charge on any atom is 0.261 e. The number of hydrogen-bond donors (Lipinski definition) is 2. The number of anilines is 2. The monoisotopic (exact) mass is 625 g/mol. The fraction of sp³-hybridized carbons (Fsp3) is 0.133. The molecule has 4 aromatic rings. The van der Waals surface area contributed by atoms with Crippen LogP contribution in [0.2, 0.25) is 10.0 Å². The van der Waals surface area contributed by atoms with Crippen LogP contribution >= 0.6 is 23.2 Å². The van der Waals surface area contributed by atoms with E-state index in [9.17, 15) is 18.0 Å².